The van der Waals surface area contributed by atoms with Gasteiger partial charge in [0.2, 0.25) is 11.8 Å². The fraction of sp³-hybridized carbons (Fsp3) is 0.286. The molecule has 2 aromatic heterocycles. The largest absolute Gasteiger partial charge is 0.481 e. The fourth-order valence-corrected chi connectivity index (χ4v) is 1.71. The Labute approximate surface area is 132 Å². The third-order valence-electron chi connectivity index (χ3n) is 2.67. The Morgan fingerprint density at radius 3 is 2.35 bits per heavy atom. The van der Waals surface area contributed by atoms with Crippen LogP contribution in [0.15, 0.2) is 34.6 Å². The van der Waals surface area contributed by atoms with Gasteiger partial charge in [0.1, 0.15) is 0 Å². The second-order valence-corrected chi connectivity index (χ2v) is 4.46. The number of rotatable bonds is 3. The van der Waals surface area contributed by atoms with E-state index in [0.29, 0.717) is 17.7 Å². The number of hydrogen-bond donors (Lipinski definition) is 0. The third-order valence-corrected chi connectivity index (χ3v) is 2.67. The zero-order valence-electron chi connectivity index (χ0n) is 13.2. The number of amides is 1. The van der Waals surface area contributed by atoms with Crippen LogP contribution in [-0.2, 0) is 4.79 Å². The second kappa shape index (κ2) is 7.25. The number of methoxy groups -OCH3 is 2. The van der Waals surface area contributed by atoms with Crippen LogP contribution in [0.3, 0.4) is 0 Å². The van der Waals surface area contributed by atoms with E-state index in [1.165, 1.54) is 12.3 Å². The lowest BCUT2D eigenvalue weighted by Crippen LogP contribution is -2.07. The summed E-state index contributed by atoms with van der Waals surface area (Å²) in [5.41, 5.74) is 1.65. The summed E-state index contributed by atoms with van der Waals surface area (Å²) in [5, 5.41) is 10.6. The molecule has 9 nitrogen and oxygen atoms in total. The molecule has 0 N–H and O–H groups in total. The SMILES string of the molecule is COc1cc(C)nc(-n2nc(C)cc2OC)n1.O=C1C=CN=N1. The minimum atomic E-state index is -0.269. The first kappa shape index (κ1) is 16.3. The van der Waals surface area contributed by atoms with Crippen molar-refractivity contribution in [1.29, 1.82) is 0 Å². The van der Waals surface area contributed by atoms with E-state index >= 15 is 0 Å². The molecule has 0 fully saturated rings. The van der Waals surface area contributed by atoms with Crippen LogP contribution in [0, 0.1) is 13.8 Å². The Bertz CT molecular complexity index is 752. The second-order valence-electron chi connectivity index (χ2n) is 4.46. The summed E-state index contributed by atoms with van der Waals surface area (Å²) in [4.78, 5) is 18.4. The summed E-state index contributed by atoms with van der Waals surface area (Å²) >= 11 is 0. The maximum atomic E-state index is 9.90. The van der Waals surface area contributed by atoms with Gasteiger partial charge in [0.15, 0.2) is 0 Å². The number of hydrogen-bond acceptors (Lipinski definition) is 7. The smallest absolute Gasteiger partial charge is 0.289 e. The van der Waals surface area contributed by atoms with Gasteiger partial charge in [-0.25, -0.2) is 4.98 Å². The molecule has 9 heteroatoms. The van der Waals surface area contributed by atoms with E-state index in [4.69, 9.17) is 9.47 Å². The number of aryl methyl sites for hydroxylation is 2. The molecule has 0 saturated heterocycles. The Hall–Kier alpha value is -3.10. The maximum Gasteiger partial charge on any atom is 0.289 e. The van der Waals surface area contributed by atoms with Crippen LogP contribution in [0.5, 0.6) is 11.8 Å². The van der Waals surface area contributed by atoms with Crippen molar-refractivity contribution in [2.75, 3.05) is 14.2 Å². The van der Waals surface area contributed by atoms with Crippen molar-refractivity contribution in [3.05, 3.63) is 35.8 Å². The molecule has 0 aliphatic carbocycles. The summed E-state index contributed by atoms with van der Waals surface area (Å²) < 4.78 is 11.9. The number of carbonyl (C=O) groups is 1. The lowest BCUT2D eigenvalue weighted by atomic mass is 10.4. The Morgan fingerprint density at radius 2 is 1.83 bits per heavy atom. The molecule has 3 heterocycles. The first-order chi connectivity index (χ1) is 11.0. The lowest BCUT2D eigenvalue weighted by Gasteiger charge is -2.06. The Kier molecular flexibility index (Phi) is 5.13. The van der Waals surface area contributed by atoms with Gasteiger partial charge in [-0.05, 0) is 13.8 Å². The van der Waals surface area contributed by atoms with Crippen molar-refractivity contribution in [3.8, 4) is 17.7 Å². The average Bonchev–Trinajstić information content (AvgIpc) is 3.15. The van der Waals surface area contributed by atoms with Gasteiger partial charge in [-0.15, -0.1) is 5.11 Å². The van der Waals surface area contributed by atoms with E-state index in [9.17, 15) is 4.79 Å². The molecule has 0 saturated carbocycles. The van der Waals surface area contributed by atoms with Gasteiger partial charge < -0.3 is 9.47 Å². The summed E-state index contributed by atoms with van der Waals surface area (Å²) in [6.45, 7) is 3.75. The molecule has 0 aromatic carbocycles. The van der Waals surface area contributed by atoms with Crippen LogP contribution in [-0.4, -0.2) is 39.9 Å². The summed E-state index contributed by atoms with van der Waals surface area (Å²) in [6, 6.07) is 3.57. The van der Waals surface area contributed by atoms with Crippen LogP contribution in [0.4, 0.5) is 0 Å². The molecule has 0 bridgehead atoms. The monoisotopic (exact) mass is 316 g/mol. The molecule has 0 unspecified atom stereocenters. The summed E-state index contributed by atoms with van der Waals surface area (Å²) in [5.74, 6) is 1.26. The quantitative estimate of drug-likeness (QED) is 0.855. The van der Waals surface area contributed by atoms with E-state index in [-0.39, 0.29) is 5.91 Å². The van der Waals surface area contributed by atoms with E-state index in [1.807, 2.05) is 19.9 Å². The van der Waals surface area contributed by atoms with Crippen LogP contribution < -0.4 is 9.47 Å². The number of ether oxygens (including phenoxy) is 2. The van der Waals surface area contributed by atoms with Crippen molar-refractivity contribution in [2.45, 2.75) is 13.8 Å². The van der Waals surface area contributed by atoms with Gasteiger partial charge >= 0.3 is 0 Å². The van der Waals surface area contributed by atoms with E-state index < -0.39 is 0 Å². The van der Waals surface area contributed by atoms with Crippen molar-refractivity contribution >= 4 is 5.91 Å². The molecule has 120 valence electrons. The number of carbonyl (C=O) groups excluding carboxylic acids is 1. The van der Waals surface area contributed by atoms with Crippen LogP contribution in [0.1, 0.15) is 11.4 Å². The zero-order valence-corrected chi connectivity index (χ0v) is 13.2. The highest BCUT2D eigenvalue weighted by Crippen LogP contribution is 2.18. The highest BCUT2D eigenvalue weighted by Gasteiger charge is 2.12. The molecule has 0 spiro atoms. The molecule has 1 amide bonds. The average molecular weight is 316 g/mol. The predicted octanol–water partition coefficient (Wildman–Crippen LogP) is 1.79. The molecule has 2 aromatic rings. The molecule has 1 aliphatic heterocycles. The first-order valence-electron chi connectivity index (χ1n) is 6.65. The van der Waals surface area contributed by atoms with E-state index in [2.05, 4.69) is 25.3 Å². The molecule has 0 radical (unpaired) electrons. The first-order valence-corrected chi connectivity index (χ1v) is 6.65. The molecule has 3 rings (SSSR count). The molecule has 23 heavy (non-hydrogen) atoms. The normalized spacial score (nSPS) is 12.1. The van der Waals surface area contributed by atoms with Gasteiger partial charge in [-0.3, -0.25) is 4.79 Å². The standard InChI is InChI=1S/C11H14N4O2.C3H2N2O/c1-7-5-9(16-3)13-11(12-7)15-10(17-4)6-8(2)14-15;6-3-1-2-4-5-3/h5-6H,1-4H3;1-2H. The Balaban J connectivity index is 0.000000268. The van der Waals surface area contributed by atoms with E-state index in [1.54, 1.807) is 25.0 Å². The number of nitrogens with zero attached hydrogens (tertiary/aromatic N) is 6. The van der Waals surface area contributed by atoms with Gasteiger partial charge in [-0.1, -0.05) is 0 Å². The van der Waals surface area contributed by atoms with Crippen LogP contribution in [0.2, 0.25) is 0 Å². The van der Waals surface area contributed by atoms with Crippen LogP contribution in [0.25, 0.3) is 5.95 Å². The lowest BCUT2D eigenvalue weighted by molar-refractivity contribution is -0.113. The molecular weight excluding hydrogens is 300 g/mol. The van der Waals surface area contributed by atoms with Crippen LogP contribution >= 0.6 is 0 Å². The van der Waals surface area contributed by atoms with Gasteiger partial charge in [-0.2, -0.15) is 19.9 Å². The fourth-order valence-electron chi connectivity index (χ4n) is 1.71. The van der Waals surface area contributed by atoms with Crippen molar-refractivity contribution in [1.82, 2.24) is 19.7 Å². The summed E-state index contributed by atoms with van der Waals surface area (Å²) in [6.07, 6.45) is 2.67. The minimum absolute atomic E-state index is 0.269. The minimum Gasteiger partial charge on any atom is -0.481 e. The number of aromatic nitrogens is 4. The topological polar surface area (TPSA) is 104 Å². The van der Waals surface area contributed by atoms with Crippen molar-refractivity contribution in [3.63, 3.8) is 0 Å². The zero-order chi connectivity index (χ0) is 16.8. The third kappa shape index (κ3) is 4.19. The Morgan fingerprint density at radius 1 is 1.04 bits per heavy atom. The van der Waals surface area contributed by atoms with Gasteiger partial charge in [0, 0.05) is 23.9 Å². The molecular formula is C14H16N6O3. The van der Waals surface area contributed by atoms with Crippen molar-refractivity contribution < 1.29 is 14.3 Å². The van der Waals surface area contributed by atoms with E-state index in [0.717, 1.165) is 11.4 Å². The number of azo groups is 1. The maximum absolute atomic E-state index is 9.90. The predicted molar refractivity (Wildman–Crippen MR) is 80.7 cm³/mol. The van der Waals surface area contributed by atoms with Gasteiger partial charge in [0.25, 0.3) is 11.9 Å². The molecule has 0 atom stereocenters. The summed E-state index contributed by atoms with van der Waals surface area (Å²) in [7, 11) is 3.15. The highest BCUT2D eigenvalue weighted by molar-refractivity contribution is 5.89. The van der Waals surface area contributed by atoms with Gasteiger partial charge in [0.05, 0.1) is 26.1 Å². The van der Waals surface area contributed by atoms with Crippen molar-refractivity contribution in [2.24, 2.45) is 10.2 Å². The molecule has 1 aliphatic rings. The highest BCUT2D eigenvalue weighted by atomic mass is 16.5.